The lowest BCUT2D eigenvalue weighted by atomic mass is 9.63. The minimum atomic E-state index is -0.892. The lowest BCUT2D eigenvalue weighted by Crippen LogP contribution is -2.43. The fourth-order valence-electron chi connectivity index (χ4n) is 3.93. The van der Waals surface area contributed by atoms with E-state index in [1.165, 1.54) is 0 Å². The van der Waals surface area contributed by atoms with Crippen molar-refractivity contribution >= 4 is 11.9 Å². The molecule has 136 valence electrons. The molecule has 4 heteroatoms. The van der Waals surface area contributed by atoms with Gasteiger partial charge < -0.3 is 9.47 Å². The van der Waals surface area contributed by atoms with Crippen LogP contribution >= 0.6 is 0 Å². The smallest absolute Gasteiger partial charge is 0.321 e. The molecule has 2 aromatic carbocycles. The Balaban J connectivity index is 2.18. The molecule has 1 aliphatic carbocycles. The molecule has 0 unspecified atom stereocenters. The molecule has 0 radical (unpaired) electrons. The molecule has 1 aliphatic rings. The van der Waals surface area contributed by atoms with Gasteiger partial charge in [-0.15, -0.1) is 0 Å². The number of ether oxygens (including phenoxy) is 2. The van der Waals surface area contributed by atoms with Crippen LogP contribution < -0.4 is 0 Å². The number of benzene rings is 2. The van der Waals surface area contributed by atoms with E-state index in [2.05, 4.69) is 0 Å². The standard InChI is InChI=1S/C22H24O4/c1-3-25-20(23)18-14-15-22(21(24)26-4-2,16-10-6-5-7-11-16)19-13-9-8-12-17(18)19/h5-13,18H,3-4,14-15H2,1-2H3/t18-,22+/m1/s1. The molecule has 0 saturated heterocycles. The highest BCUT2D eigenvalue weighted by Crippen LogP contribution is 2.48. The molecule has 0 aliphatic heterocycles. The first kappa shape index (κ1) is 18.2. The Labute approximate surface area is 154 Å². The van der Waals surface area contributed by atoms with Crippen LogP contribution in [0.2, 0.25) is 0 Å². The molecular weight excluding hydrogens is 328 g/mol. The van der Waals surface area contributed by atoms with Gasteiger partial charge in [-0.25, -0.2) is 0 Å². The minimum Gasteiger partial charge on any atom is -0.466 e. The van der Waals surface area contributed by atoms with E-state index < -0.39 is 5.41 Å². The molecule has 26 heavy (non-hydrogen) atoms. The fourth-order valence-corrected chi connectivity index (χ4v) is 3.93. The average Bonchev–Trinajstić information content (AvgIpc) is 2.68. The zero-order valence-corrected chi connectivity index (χ0v) is 15.2. The molecule has 0 N–H and O–H groups in total. The van der Waals surface area contributed by atoms with E-state index in [9.17, 15) is 9.59 Å². The Hall–Kier alpha value is -2.62. The second-order valence-corrected chi connectivity index (χ2v) is 6.42. The van der Waals surface area contributed by atoms with Crippen LogP contribution in [0.4, 0.5) is 0 Å². The number of carbonyl (C=O) groups is 2. The van der Waals surface area contributed by atoms with Gasteiger partial charge in [-0.05, 0) is 43.4 Å². The molecule has 4 nitrogen and oxygen atoms in total. The number of hydrogen-bond acceptors (Lipinski definition) is 4. The monoisotopic (exact) mass is 352 g/mol. The SMILES string of the molecule is CCOC(=O)[C@@H]1CC[C@](C(=O)OCC)(c2ccccc2)c2ccccc21. The lowest BCUT2D eigenvalue weighted by Gasteiger charge is -2.39. The second kappa shape index (κ2) is 7.73. The van der Waals surface area contributed by atoms with Crippen LogP contribution in [0.3, 0.4) is 0 Å². The van der Waals surface area contributed by atoms with E-state index in [0.717, 1.165) is 16.7 Å². The quantitative estimate of drug-likeness (QED) is 0.764. The van der Waals surface area contributed by atoms with Crippen LogP contribution in [-0.4, -0.2) is 25.2 Å². The third kappa shape index (κ3) is 3.00. The van der Waals surface area contributed by atoms with Crippen LogP contribution in [0.1, 0.15) is 49.3 Å². The molecule has 0 fully saturated rings. The Morgan fingerprint density at radius 3 is 2.31 bits per heavy atom. The highest BCUT2D eigenvalue weighted by atomic mass is 16.5. The fraction of sp³-hybridized carbons (Fsp3) is 0.364. The maximum absolute atomic E-state index is 13.1. The van der Waals surface area contributed by atoms with Crippen molar-refractivity contribution in [1.29, 1.82) is 0 Å². The molecule has 0 aromatic heterocycles. The molecule has 0 saturated carbocycles. The van der Waals surface area contributed by atoms with Gasteiger partial charge in [0.2, 0.25) is 0 Å². The van der Waals surface area contributed by atoms with Crippen molar-refractivity contribution in [2.75, 3.05) is 13.2 Å². The summed E-state index contributed by atoms with van der Waals surface area (Å²) in [7, 11) is 0. The van der Waals surface area contributed by atoms with E-state index in [0.29, 0.717) is 26.1 Å². The number of esters is 2. The van der Waals surface area contributed by atoms with Gasteiger partial charge >= 0.3 is 11.9 Å². The molecule has 3 rings (SSSR count). The van der Waals surface area contributed by atoms with Crippen molar-refractivity contribution in [3.05, 3.63) is 71.3 Å². The van der Waals surface area contributed by atoms with Gasteiger partial charge in [-0.2, -0.15) is 0 Å². The Bertz CT molecular complexity index is 784. The van der Waals surface area contributed by atoms with Crippen LogP contribution in [0.5, 0.6) is 0 Å². The van der Waals surface area contributed by atoms with E-state index in [1.54, 1.807) is 6.92 Å². The summed E-state index contributed by atoms with van der Waals surface area (Å²) in [5, 5.41) is 0. The summed E-state index contributed by atoms with van der Waals surface area (Å²) in [6.07, 6.45) is 1.06. The van der Waals surface area contributed by atoms with Crippen LogP contribution in [0.15, 0.2) is 54.6 Å². The summed E-state index contributed by atoms with van der Waals surface area (Å²) >= 11 is 0. The Kier molecular flexibility index (Phi) is 5.40. The Morgan fingerprint density at radius 2 is 1.62 bits per heavy atom. The van der Waals surface area contributed by atoms with Gasteiger partial charge in [0.15, 0.2) is 0 Å². The first-order valence-electron chi connectivity index (χ1n) is 9.14. The number of rotatable bonds is 5. The van der Waals surface area contributed by atoms with Crippen molar-refractivity contribution in [3.8, 4) is 0 Å². The second-order valence-electron chi connectivity index (χ2n) is 6.42. The predicted molar refractivity (Wildman–Crippen MR) is 98.9 cm³/mol. The van der Waals surface area contributed by atoms with Crippen molar-refractivity contribution in [3.63, 3.8) is 0 Å². The number of hydrogen-bond donors (Lipinski definition) is 0. The van der Waals surface area contributed by atoms with Crippen molar-refractivity contribution in [2.24, 2.45) is 0 Å². The summed E-state index contributed by atoms with van der Waals surface area (Å²) in [4.78, 5) is 25.6. The molecule has 2 aromatic rings. The van der Waals surface area contributed by atoms with Gasteiger partial charge in [0.1, 0.15) is 5.41 Å². The highest BCUT2D eigenvalue weighted by molar-refractivity contribution is 5.91. The van der Waals surface area contributed by atoms with Gasteiger partial charge in [-0.3, -0.25) is 9.59 Å². The average molecular weight is 352 g/mol. The zero-order valence-electron chi connectivity index (χ0n) is 15.2. The topological polar surface area (TPSA) is 52.6 Å². The maximum atomic E-state index is 13.1. The van der Waals surface area contributed by atoms with Gasteiger partial charge in [0.05, 0.1) is 19.1 Å². The van der Waals surface area contributed by atoms with Gasteiger partial charge in [0, 0.05) is 0 Å². The van der Waals surface area contributed by atoms with Crippen molar-refractivity contribution in [1.82, 2.24) is 0 Å². The molecule has 0 spiro atoms. The summed E-state index contributed by atoms with van der Waals surface area (Å²) in [5.74, 6) is -0.844. The lowest BCUT2D eigenvalue weighted by molar-refractivity contribution is -0.151. The molecule has 0 amide bonds. The summed E-state index contributed by atoms with van der Waals surface area (Å²) in [5.41, 5.74) is 1.70. The normalized spacial score (nSPS) is 21.5. The predicted octanol–water partition coefficient (Wildman–Crippen LogP) is 3.98. The first-order chi connectivity index (χ1) is 12.6. The van der Waals surface area contributed by atoms with Crippen molar-refractivity contribution < 1.29 is 19.1 Å². The number of carbonyl (C=O) groups excluding carboxylic acids is 2. The minimum absolute atomic E-state index is 0.231. The van der Waals surface area contributed by atoms with E-state index >= 15 is 0 Å². The summed E-state index contributed by atoms with van der Waals surface area (Å²) in [6, 6.07) is 17.4. The van der Waals surface area contributed by atoms with Gasteiger partial charge in [-0.1, -0.05) is 54.6 Å². The van der Waals surface area contributed by atoms with Crippen molar-refractivity contribution in [2.45, 2.75) is 38.0 Å². The third-order valence-corrected chi connectivity index (χ3v) is 5.07. The van der Waals surface area contributed by atoms with Crippen LogP contribution in [0, 0.1) is 0 Å². The Morgan fingerprint density at radius 1 is 0.962 bits per heavy atom. The summed E-state index contributed by atoms with van der Waals surface area (Å²) in [6.45, 7) is 4.28. The van der Waals surface area contributed by atoms with E-state index in [1.807, 2.05) is 61.5 Å². The molecule has 0 heterocycles. The summed E-state index contributed by atoms with van der Waals surface area (Å²) < 4.78 is 10.7. The largest absolute Gasteiger partial charge is 0.466 e. The zero-order chi connectivity index (χ0) is 18.6. The molecule has 0 bridgehead atoms. The van der Waals surface area contributed by atoms with Crippen LogP contribution in [-0.2, 0) is 24.5 Å². The van der Waals surface area contributed by atoms with Gasteiger partial charge in [0.25, 0.3) is 0 Å². The highest BCUT2D eigenvalue weighted by Gasteiger charge is 2.49. The first-order valence-corrected chi connectivity index (χ1v) is 9.14. The third-order valence-electron chi connectivity index (χ3n) is 5.07. The van der Waals surface area contributed by atoms with Crippen LogP contribution in [0.25, 0.3) is 0 Å². The maximum Gasteiger partial charge on any atom is 0.321 e. The molecular formula is C22H24O4. The van der Waals surface area contributed by atoms with E-state index in [-0.39, 0.29) is 17.9 Å². The van der Waals surface area contributed by atoms with E-state index in [4.69, 9.17) is 9.47 Å². The molecule has 2 atom stereocenters. The number of fused-ring (bicyclic) bond motifs is 1.